The van der Waals surface area contributed by atoms with Gasteiger partial charge in [-0.1, -0.05) is 38.0 Å². The van der Waals surface area contributed by atoms with Crippen LogP contribution in [0, 0.1) is 19.8 Å². The lowest BCUT2D eigenvalue weighted by Gasteiger charge is -2.30. The monoisotopic (exact) mass is 356 g/mol. The van der Waals surface area contributed by atoms with E-state index in [0.29, 0.717) is 18.5 Å². The first-order valence-corrected chi connectivity index (χ1v) is 9.62. The van der Waals surface area contributed by atoms with Crippen molar-refractivity contribution in [2.75, 3.05) is 0 Å². The molecule has 3 rings (SSSR count). The number of aromatic nitrogens is 2. The van der Waals surface area contributed by atoms with Gasteiger partial charge in [0.1, 0.15) is 0 Å². The molecule has 0 radical (unpaired) electrons. The largest absolute Gasteiger partial charge is 0.360 e. The van der Waals surface area contributed by atoms with E-state index >= 15 is 0 Å². The number of rotatable bonds is 4. The zero-order chi connectivity index (χ0) is 17.8. The van der Waals surface area contributed by atoms with Gasteiger partial charge in [0, 0.05) is 23.8 Å². The zero-order valence-electron chi connectivity index (χ0n) is 15.4. The number of nitrogens with zero attached hydrogens (tertiary/aromatic N) is 2. The molecular weight excluding hydrogens is 328 g/mol. The van der Waals surface area contributed by atoms with Gasteiger partial charge in [0.2, 0.25) is 0 Å². The Morgan fingerprint density at radius 1 is 1.20 bits per heavy atom. The van der Waals surface area contributed by atoms with E-state index in [1.165, 1.54) is 31.2 Å². The Morgan fingerprint density at radius 2 is 1.92 bits per heavy atom. The lowest BCUT2D eigenvalue weighted by Crippen LogP contribution is -2.45. The van der Waals surface area contributed by atoms with Crippen molar-refractivity contribution < 1.29 is 0 Å². The van der Waals surface area contributed by atoms with E-state index < -0.39 is 0 Å². The van der Waals surface area contributed by atoms with Crippen molar-refractivity contribution >= 4 is 17.3 Å². The summed E-state index contributed by atoms with van der Waals surface area (Å²) >= 11 is 5.52. The maximum Gasteiger partial charge on any atom is 0.166 e. The number of para-hydroxylation sites is 1. The lowest BCUT2D eigenvalue weighted by molar-refractivity contribution is 0.308. The number of benzene rings is 1. The van der Waals surface area contributed by atoms with Crippen LogP contribution in [0.4, 0.5) is 0 Å². The van der Waals surface area contributed by atoms with Gasteiger partial charge in [0.25, 0.3) is 0 Å². The van der Waals surface area contributed by atoms with Crippen LogP contribution in [0.5, 0.6) is 0 Å². The first-order chi connectivity index (χ1) is 12.1. The lowest BCUT2D eigenvalue weighted by atomic mass is 9.86. The van der Waals surface area contributed by atoms with E-state index in [1.807, 2.05) is 22.9 Å². The number of thiocarbonyl (C=S) groups is 1. The van der Waals surface area contributed by atoms with Crippen molar-refractivity contribution in [1.82, 2.24) is 20.4 Å². The minimum absolute atomic E-state index is 0.503. The molecule has 134 valence electrons. The highest BCUT2D eigenvalue weighted by atomic mass is 32.1. The summed E-state index contributed by atoms with van der Waals surface area (Å²) in [6.45, 7) is 7.20. The van der Waals surface area contributed by atoms with Gasteiger partial charge in [-0.05, 0) is 57.0 Å². The highest BCUT2D eigenvalue weighted by Crippen LogP contribution is 2.23. The van der Waals surface area contributed by atoms with E-state index in [2.05, 4.69) is 43.5 Å². The van der Waals surface area contributed by atoms with Crippen LogP contribution in [0.3, 0.4) is 0 Å². The van der Waals surface area contributed by atoms with E-state index in [9.17, 15) is 0 Å². The molecule has 0 bridgehead atoms. The second-order valence-corrected chi connectivity index (χ2v) is 7.50. The number of aryl methyl sites for hydroxylation is 1. The van der Waals surface area contributed by atoms with E-state index in [4.69, 9.17) is 17.3 Å². The van der Waals surface area contributed by atoms with Gasteiger partial charge in [-0.15, -0.1) is 0 Å². The maximum absolute atomic E-state index is 5.52. The summed E-state index contributed by atoms with van der Waals surface area (Å²) in [5.74, 6) is 0.692. The highest BCUT2D eigenvalue weighted by molar-refractivity contribution is 7.80. The molecule has 2 aromatic rings. The smallest absolute Gasteiger partial charge is 0.166 e. The SMILES string of the molecule is Cc1nn(-c2ccccc2)c(C)c1CNC(=S)N[C@H]1CCCC[C@@H]1C. The molecule has 5 heteroatoms. The second kappa shape index (κ2) is 8.00. The Kier molecular flexibility index (Phi) is 5.74. The van der Waals surface area contributed by atoms with Gasteiger partial charge in [0.15, 0.2) is 5.11 Å². The number of hydrogen-bond donors (Lipinski definition) is 2. The first kappa shape index (κ1) is 17.9. The molecule has 0 saturated heterocycles. The topological polar surface area (TPSA) is 41.9 Å². The van der Waals surface area contributed by atoms with Gasteiger partial charge in [0.05, 0.1) is 11.4 Å². The molecule has 1 aromatic heterocycles. The summed E-state index contributed by atoms with van der Waals surface area (Å²) in [6, 6.07) is 10.7. The van der Waals surface area contributed by atoms with E-state index in [-0.39, 0.29) is 0 Å². The fourth-order valence-corrected chi connectivity index (χ4v) is 3.89. The zero-order valence-corrected chi connectivity index (χ0v) is 16.2. The van der Waals surface area contributed by atoms with Gasteiger partial charge < -0.3 is 10.6 Å². The molecule has 2 atom stereocenters. The van der Waals surface area contributed by atoms with E-state index in [1.54, 1.807) is 0 Å². The third kappa shape index (κ3) is 4.21. The van der Waals surface area contributed by atoms with Crippen molar-refractivity contribution in [1.29, 1.82) is 0 Å². The fourth-order valence-electron chi connectivity index (χ4n) is 3.67. The summed E-state index contributed by atoms with van der Waals surface area (Å²) in [4.78, 5) is 0. The van der Waals surface area contributed by atoms with Crippen LogP contribution in [0.1, 0.15) is 49.6 Å². The summed E-state index contributed by atoms with van der Waals surface area (Å²) in [6.07, 6.45) is 5.15. The van der Waals surface area contributed by atoms with Crippen molar-refractivity contribution in [2.45, 2.75) is 59.0 Å². The standard InChI is InChI=1S/C20H28N4S/c1-14-9-7-8-12-19(14)22-20(25)21-13-18-15(2)23-24(16(18)3)17-10-5-4-6-11-17/h4-6,10-11,14,19H,7-9,12-13H2,1-3H3,(H2,21,22,25)/t14-,19-/m0/s1. The fraction of sp³-hybridized carbons (Fsp3) is 0.500. The molecule has 0 aliphatic heterocycles. The Labute approximate surface area is 156 Å². The van der Waals surface area contributed by atoms with Crippen molar-refractivity contribution in [2.24, 2.45) is 5.92 Å². The van der Waals surface area contributed by atoms with Gasteiger partial charge in [-0.3, -0.25) is 0 Å². The first-order valence-electron chi connectivity index (χ1n) is 9.21. The van der Waals surface area contributed by atoms with Crippen LogP contribution >= 0.6 is 12.2 Å². The second-order valence-electron chi connectivity index (χ2n) is 7.09. The molecule has 4 nitrogen and oxygen atoms in total. The maximum atomic E-state index is 5.52. The van der Waals surface area contributed by atoms with Crippen molar-refractivity contribution in [3.63, 3.8) is 0 Å². The molecule has 1 aromatic carbocycles. The highest BCUT2D eigenvalue weighted by Gasteiger charge is 2.21. The normalized spacial score (nSPS) is 20.3. The van der Waals surface area contributed by atoms with Crippen LogP contribution < -0.4 is 10.6 Å². The number of hydrogen-bond acceptors (Lipinski definition) is 2. The summed E-state index contributed by atoms with van der Waals surface area (Å²) in [7, 11) is 0. The average molecular weight is 357 g/mol. The molecule has 0 unspecified atom stereocenters. The summed E-state index contributed by atoms with van der Waals surface area (Å²) < 4.78 is 2.01. The molecular formula is C20H28N4S. The average Bonchev–Trinajstić information content (AvgIpc) is 2.90. The third-order valence-corrected chi connectivity index (χ3v) is 5.56. The Morgan fingerprint density at radius 3 is 2.64 bits per heavy atom. The molecule has 1 saturated carbocycles. The molecule has 0 amide bonds. The summed E-state index contributed by atoms with van der Waals surface area (Å²) in [5.41, 5.74) is 4.50. The predicted molar refractivity (Wildman–Crippen MR) is 107 cm³/mol. The van der Waals surface area contributed by atoms with Gasteiger partial charge >= 0.3 is 0 Å². The van der Waals surface area contributed by atoms with Crippen LogP contribution in [-0.2, 0) is 6.54 Å². The molecule has 0 spiro atoms. The molecule has 1 heterocycles. The molecule has 1 fully saturated rings. The summed E-state index contributed by atoms with van der Waals surface area (Å²) in [5, 5.41) is 12.3. The minimum Gasteiger partial charge on any atom is -0.360 e. The van der Waals surface area contributed by atoms with Crippen molar-refractivity contribution in [3.05, 3.63) is 47.3 Å². The molecule has 1 aliphatic rings. The van der Waals surface area contributed by atoms with Gasteiger partial charge in [-0.2, -0.15) is 5.10 Å². The quantitative estimate of drug-likeness (QED) is 0.812. The Hall–Kier alpha value is -1.88. The van der Waals surface area contributed by atoms with Gasteiger partial charge in [-0.25, -0.2) is 4.68 Å². The van der Waals surface area contributed by atoms with E-state index in [0.717, 1.165) is 22.2 Å². The number of nitrogens with one attached hydrogen (secondary N) is 2. The van der Waals surface area contributed by atoms with Crippen LogP contribution in [0.25, 0.3) is 5.69 Å². The minimum atomic E-state index is 0.503. The molecule has 2 N–H and O–H groups in total. The molecule has 1 aliphatic carbocycles. The third-order valence-electron chi connectivity index (χ3n) is 5.30. The predicted octanol–water partition coefficient (Wildman–Crippen LogP) is 4.03. The van der Waals surface area contributed by atoms with Crippen LogP contribution in [0.2, 0.25) is 0 Å². The van der Waals surface area contributed by atoms with Crippen LogP contribution in [0.15, 0.2) is 30.3 Å². The van der Waals surface area contributed by atoms with Crippen molar-refractivity contribution in [3.8, 4) is 5.69 Å². The van der Waals surface area contributed by atoms with Crippen LogP contribution in [-0.4, -0.2) is 20.9 Å². The Bertz CT molecular complexity index is 723. The Balaban J connectivity index is 1.63. The molecule has 25 heavy (non-hydrogen) atoms.